The van der Waals surface area contributed by atoms with Crippen LogP contribution in [0.4, 0.5) is 4.39 Å². The van der Waals surface area contributed by atoms with Crippen molar-refractivity contribution >= 4 is 11.6 Å². The highest BCUT2D eigenvalue weighted by atomic mass is 35.5. The highest BCUT2D eigenvalue weighted by Crippen LogP contribution is 2.38. The number of benzene rings is 2. The van der Waals surface area contributed by atoms with E-state index in [0.29, 0.717) is 22.8 Å². The van der Waals surface area contributed by atoms with Crippen molar-refractivity contribution in [2.24, 2.45) is 0 Å². The van der Waals surface area contributed by atoms with Gasteiger partial charge in [0.2, 0.25) is 0 Å². The van der Waals surface area contributed by atoms with Gasteiger partial charge < -0.3 is 14.6 Å². The molecule has 3 nitrogen and oxygen atoms in total. The van der Waals surface area contributed by atoms with Crippen molar-refractivity contribution in [2.45, 2.75) is 13.0 Å². The second-order valence-corrected chi connectivity index (χ2v) is 4.63. The highest BCUT2D eigenvalue weighted by molar-refractivity contribution is 6.32. The summed E-state index contributed by atoms with van der Waals surface area (Å²) in [6.07, 6.45) is -0.777. The predicted octanol–water partition coefficient (Wildman–Crippen LogP) is 4.33. The molecule has 0 aromatic heterocycles. The first kappa shape index (κ1) is 14.6. The summed E-state index contributed by atoms with van der Waals surface area (Å²) in [7, 11) is 1.51. The molecule has 0 aliphatic carbocycles. The molecule has 0 heterocycles. The van der Waals surface area contributed by atoms with Gasteiger partial charge in [0.15, 0.2) is 0 Å². The number of hydrogen-bond acceptors (Lipinski definition) is 3. The van der Waals surface area contributed by atoms with Crippen molar-refractivity contribution in [1.82, 2.24) is 0 Å². The molecule has 20 heavy (non-hydrogen) atoms. The van der Waals surface area contributed by atoms with Crippen LogP contribution >= 0.6 is 11.6 Å². The van der Waals surface area contributed by atoms with Crippen LogP contribution in [0.15, 0.2) is 36.4 Å². The maximum Gasteiger partial charge on any atom is 0.146 e. The van der Waals surface area contributed by atoms with E-state index in [1.54, 1.807) is 25.1 Å². The number of hydrogen-bond donors (Lipinski definition) is 1. The first-order chi connectivity index (χ1) is 9.52. The number of rotatable bonds is 4. The average molecular weight is 297 g/mol. The van der Waals surface area contributed by atoms with Crippen LogP contribution in [0.3, 0.4) is 0 Å². The Labute approximate surface area is 121 Å². The quantitative estimate of drug-likeness (QED) is 0.912. The molecule has 2 aromatic rings. The van der Waals surface area contributed by atoms with E-state index >= 15 is 0 Å². The van der Waals surface area contributed by atoms with E-state index in [9.17, 15) is 9.50 Å². The van der Waals surface area contributed by atoms with Crippen LogP contribution in [0.2, 0.25) is 5.02 Å². The van der Waals surface area contributed by atoms with Crippen molar-refractivity contribution in [2.75, 3.05) is 7.11 Å². The molecule has 0 fully saturated rings. The molecule has 2 aromatic carbocycles. The number of methoxy groups -OCH3 is 1. The second kappa shape index (κ2) is 6.11. The molecular formula is C15H14ClFO3. The Hall–Kier alpha value is -1.78. The third-order valence-corrected chi connectivity index (χ3v) is 3.07. The van der Waals surface area contributed by atoms with Gasteiger partial charge >= 0.3 is 0 Å². The molecular weight excluding hydrogens is 283 g/mol. The molecule has 106 valence electrons. The number of aliphatic hydroxyl groups excluding tert-OH is 1. The first-order valence-corrected chi connectivity index (χ1v) is 6.38. The van der Waals surface area contributed by atoms with E-state index < -0.39 is 11.9 Å². The van der Waals surface area contributed by atoms with Crippen molar-refractivity contribution in [3.63, 3.8) is 0 Å². The Morgan fingerprint density at radius 3 is 2.45 bits per heavy atom. The van der Waals surface area contributed by atoms with Gasteiger partial charge in [-0.3, -0.25) is 0 Å². The van der Waals surface area contributed by atoms with Crippen molar-refractivity contribution in [3.05, 3.63) is 52.8 Å². The van der Waals surface area contributed by atoms with Crippen LogP contribution in [0.5, 0.6) is 17.2 Å². The zero-order valence-electron chi connectivity index (χ0n) is 11.1. The van der Waals surface area contributed by atoms with Crippen molar-refractivity contribution in [1.29, 1.82) is 0 Å². The van der Waals surface area contributed by atoms with Crippen LogP contribution in [0, 0.1) is 5.82 Å². The molecule has 0 bridgehead atoms. The Morgan fingerprint density at radius 1 is 1.15 bits per heavy atom. The number of ether oxygens (including phenoxy) is 2. The van der Waals surface area contributed by atoms with Crippen LogP contribution in [-0.2, 0) is 0 Å². The third-order valence-electron chi connectivity index (χ3n) is 2.78. The molecule has 0 saturated carbocycles. The molecule has 1 N–H and O–H groups in total. The fraction of sp³-hybridized carbons (Fsp3) is 0.200. The molecule has 0 saturated heterocycles. The summed E-state index contributed by atoms with van der Waals surface area (Å²) in [5.41, 5.74) is 0.510. The lowest BCUT2D eigenvalue weighted by Gasteiger charge is -2.17. The molecule has 0 amide bonds. The van der Waals surface area contributed by atoms with Gasteiger partial charge in [-0.2, -0.15) is 0 Å². The summed E-state index contributed by atoms with van der Waals surface area (Å²) in [5, 5.41) is 10.0. The van der Waals surface area contributed by atoms with Crippen LogP contribution < -0.4 is 9.47 Å². The summed E-state index contributed by atoms with van der Waals surface area (Å²) >= 11 is 5.93. The van der Waals surface area contributed by atoms with E-state index in [4.69, 9.17) is 21.1 Å². The molecule has 0 radical (unpaired) electrons. The standard InChI is InChI=1S/C15H14ClFO3/c1-9(18)15-13(19-2)4-3-5-14(15)20-12-7-6-10(17)8-11(12)16/h3-9,18H,1-2H3/t9-/m1/s1. The van der Waals surface area contributed by atoms with E-state index in [0.717, 1.165) is 0 Å². The van der Waals surface area contributed by atoms with Crippen LogP contribution in [0.1, 0.15) is 18.6 Å². The molecule has 0 unspecified atom stereocenters. The van der Waals surface area contributed by atoms with Gasteiger partial charge in [-0.05, 0) is 37.3 Å². The van der Waals surface area contributed by atoms with Gasteiger partial charge in [-0.25, -0.2) is 4.39 Å². The lowest BCUT2D eigenvalue weighted by atomic mass is 10.1. The molecule has 1 atom stereocenters. The monoisotopic (exact) mass is 296 g/mol. The van der Waals surface area contributed by atoms with Gasteiger partial charge in [-0.15, -0.1) is 0 Å². The fourth-order valence-corrected chi connectivity index (χ4v) is 2.08. The smallest absolute Gasteiger partial charge is 0.146 e. The van der Waals surface area contributed by atoms with E-state index in [2.05, 4.69) is 0 Å². The number of aliphatic hydroxyl groups is 1. The minimum Gasteiger partial charge on any atom is -0.496 e. The minimum atomic E-state index is -0.777. The van der Waals surface area contributed by atoms with Gasteiger partial charge in [-0.1, -0.05) is 17.7 Å². The number of halogens is 2. The van der Waals surface area contributed by atoms with Gasteiger partial charge in [0.25, 0.3) is 0 Å². The second-order valence-electron chi connectivity index (χ2n) is 4.22. The normalized spacial score (nSPS) is 12.1. The lowest BCUT2D eigenvalue weighted by Crippen LogP contribution is -2.00. The molecule has 2 rings (SSSR count). The zero-order valence-corrected chi connectivity index (χ0v) is 11.8. The van der Waals surface area contributed by atoms with Gasteiger partial charge in [0.1, 0.15) is 23.1 Å². The summed E-state index contributed by atoms with van der Waals surface area (Å²) in [5.74, 6) is 0.788. The summed E-state index contributed by atoms with van der Waals surface area (Å²) in [6, 6.07) is 8.99. The maximum absolute atomic E-state index is 13.0. The van der Waals surface area contributed by atoms with E-state index in [1.807, 2.05) is 0 Å². The highest BCUT2D eigenvalue weighted by Gasteiger charge is 2.16. The maximum atomic E-state index is 13.0. The van der Waals surface area contributed by atoms with Crippen molar-refractivity contribution in [3.8, 4) is 17.2 Å². The fourth-order valence-electron chi connectivity index (χ4n) is 1.88. The summed E-state index contributed by atoms with van der Waals surface area (Å²) < 4.78 is 23.9. The lowest BCUT2D eigenvalue weighted by molar-refractivity contribution is 0.190. The van der Waals surface area contributed by atoms with Crippen LogP contribution in [-0.4, -0.2) is 12.2 Å². The molecule has 5 heteroatoms. The van der Waals surface area contributed by atoms with Gasteiger partial charge in [0.05, 0.1) is 23.8 Å². The predicted molar refractivity (Wildman–Crippen MR) is 75.1 cm³/mol. The summed E-state index contributed by atoms with van der Waals surface area (Å²) in [4.78, 5) is 0. The minimum absolute atomic E-state index is 0.157. The molecule has 0 aliphatic rings. The Balaban J connectivity index is 2.43. The SMILES string of the molecule is COc1cccc(Oc2ccc(F)cc2Cl)c1[C@@H](C)O. The zero-order chi connectivity index (χ0) is 14.7. The van der Waals surface area contributed by atoms with Crippen LogP contribution in [0.25, 0.3) is 0 Å². The van der Waals surface area contributed by atoms with Gasteiger partial charge in [0, 0.05) is 0 Å². The van der Waals surface area contributed by atoms with Crippen molar-refractivity contribution < 1.29 is 19.0 Å². The summed E-state index contributed by atoms with van der Waals surface area (Å²) in [6.45, 7) is 1.61. The molecule has 0 aliphatic heterocycles. The Morgan fingerprint density at radius 2 is 1.85 bits per heavy atom. The largest absolute Gasteiger partial charge is 0.496 e. The average Bonchev–Trinajstić information content (AvgIpc) is 2.41. The van der Waals surface area contributed by atoms with E-state index in [-0.39, 0.29) is 5.02 Å². The van der Waals surface area contributed by atoms with E-state index in [1.165, 1.54) is 25.3 Å². The third kappa shape index (κ3) is 3.03. The Bertz CT molecular complexity index is 614. The first-order valence-electron chi connectivity index (χ1n) is 6.00. The Kier molecular flexibility index (Phi) is 4.47. The topological polar surface area (TPSA) is 38.7 Å². The molecule has 0 spiro atoms.